The molecule has 13 nitrogen and oxygen atoms in total. The molecule has 1 aromatic heterocycles. The smallest absolute Gasteiger partial charge is 0.328 e. The molecule has 5 atom stereocenters. The summed E-state index contributed by atoms with van der Waals surface area (Å²) >= 11 is 0. The molecule has 3 saturated heterocycles. The molecule has 1 aromatic carbocycles. The lowest BCUT2D eigenvalue weighted by Gasteiger charge is -2.50. The van der Waals surface area contributed by atoms with Crippen molar-refractivity contribution in [2.45, 2.75) is 103 Å². The minimum atomic E-state index is -1.05. The predicted octanol–water partition coefficient (Wildman–Crippen LogP) is 3.90. The number of carbonyl (C=O) groups is 5. The lowest BCUT2D eigenvalue weighted by atomic mass is 9.70. The molecule has 13 heteroatoms. The Bertz CT molecular complexity index is 1730. The lowest BCUT2D eigenvalue weighted by molar-refractivity contribution is -0.158. The zero-order chi connectivity index (χ0) is 38.9. The van der Waals surface area contributed by atoms with E-state index in [0.717, 1.165) is 50.5 Å². The Morgan fingerprint density at radius 1 is 0.927 bits per heavy atom. The number of piperidine rings is 1. The van der Waals surface area contributed by atoms with Crippen LogP contribution in [0.3, 0.4) is 0 Å². The Morgan fingerprint density at radius 3 is 2.31 bits per heavy atom. The first-order chi connectivity index (χ1) is 26.4. The maximum absolute atomic E-state index is 14.7. The summed E-state index contributed by atoms with van der Waals surface area (Å²) in [5, 5.41) is 7.55. The number of hydrogen-bond acceptors (Lipinski definition) is 8. The van der Waals surface area contributed by atoms with Crippen LogP contribution in [0.2, 0.25) is 0 Å². The maximum Gasteiger partial charge on any atom is 0.328 e. The fourth-order valence-corrected chi connectivity index (χ4v) is 9.42. The molecule has 2 aliphatic carbocycles. The van der Waals surface area contributed by atoms with Crippen molar-refractivity contribution in [2.75, 3.05) is 46.4 Å². The second kappa shape index (κ2) is 16.1. The number of aromatic nitrogens is 2. The minimum absolute atomic E-state index is 0.0357. The van der Waals surface area contributed by atoms with E-state index in [1.807, 2.05) is 42.2 Å². The van der Waals surface area contributed by atoms with Crippen molar-refractivity contribution >= 4 is 29.6 Å². The molecular formula is C42H58N6O7. The van der Waals surface area contributed by atoms with Crippen molar-refractivity contribution in [1.29, 1.82) is 0 Å². The first-order valence-corrected chi connectivity index (χ1v) is 20.3. The molecule has 298 valence electrons. The predicted molar refractivity (Wildman–Crippen MR) is 203 cm³/mol. The number of nitrogens with zero attached hydrogens (tertiary/aromatic N) is 5. The molecule has 5 aliphatic rings. The normalized spacial score (nSPS) is 25.5. The van der Waals surface area contributed by atoms with E-state index in [9.17, 15) is 24.0 Å². The molecule has 7 rings (SSSR count). The molecule has 3 aliphatic heterocycles. The number of esters is 1. The molecule has 55 heavy (non-hydrogen) atoms. The van der Waals surface area contributed by atoms with Crippen molar-refractivity contribution < 1.29 is 33.4 Å². The maximum atomic E-state index is 14.7. The Labute approximate surface area is 324 Å². The molecule has 2 aromatic rings. The molecule has 1 N–H and O–H groups in total. The summed E-state index contributed by atoms with van der Waals surface area (Å²) in [4.78, 5) is 74.7. The number of amides is 4. The van der Waals surface area contributed by atoms with Gasteiger partial charge in [-0.15, -0.1) is 0 Å². The van der Waals surface area contributed by atoms with Gasteiger partial charge in [-0.2, -0.15) is 5.10 Å². The Balaban J connectivity index is 1.11. The van der Waals surface area contributed by atoms with E-state index in [4.69, 9.17) is 9.47 Å². The van der Waals surface area contributed by atoms with Gasteiger partial charge in [-0.05, 0) is 62.3 Å². The number of hydrogen-bond donors (Lipinski definition) is 1. The van der Waals surface area contributed by atoms with Crippen LogP contribution in [0.1, 0.15) is 94.5 Å². The van der Waals surface area contributed by atoms with Gasteiger partial charge in [0.1, 0.15) is 12.1 Å². The average Bonchev–Trinajstić information content (AvgIpc) is 3.47. The van der Waals surface area contributed by atoms with E-state index in [-0.39, 0.29) is 41.5 Å². The van der Waals surface area contributed by atoms with E-state index in [1.54, 1.807) is 26.9 Å². The van der Waals surface area contributed by atoms with Crippen LogP contribution in [0.4, 0.5) is 0 Å². The van der Waals surface area contributed by atoms with Gasteiger partial charge in [0.2, 0.25) is 17.7 Å². The second-order valence-electron chi connectivity index (χ2n) is 17.5. The zero-order valence-corrected chi connectivity index (χ0v) is 32.9. The van der Waals surface area contributed by atoms with Crippen LogP contribution in [0.25, 0.3) is 0 Å². The van der Waals surface area contributed by atoms with Crippen LogP contribution >= 0.6 is 0 Å². The number of ether oxygens (including phenoxy) is 2. The van der Waals surface area contributed by atoms with E-state index < -0.39 is 35.5 Å². The summed E-state index contributed by atoms with van der Waals surface area (Å²) in [6, 6.07) is 8.10. The molecule has 0 radical (unpaired) electrons. The van der Waals surface area contributed by atoms with Gasteiger partial charge in [-0.1, -0.05) is 63.4 Å². The molecule has 0 unspecified atom stereocenters. The molecule has 5 fully saturated rings. The fraction of sp³-hybridized carbons (Fsp3) is 0.667. The van der Waals surface area contributed by atoms with Gasteiger partial charge >= 0.3 is 5.97 Å². The van der Waals surface area contributed by atoms with E-state index in [1.165, 1.54) is 13.5 Å². The first kappa shape index (κ1) is 39.0. The zero-order valence-electron chi connectivity index (χ0n) is 32.9. The number of likely N-dealkylation sites (tertiary alicyclic amines) is 3. The standard InChI is InChI=1S/C42H58N6O7/c1-28(55-24-30-15-9-6-10-16-30)35(39(52)48-18-12-11-17-34(48)40(53)54-4)44-36(49)33-23-45(25-42(33)26-46(27-42)38(51)32-19-41(32,2)3)37(50)31-20-43-47(22-31)21-29-13-7-5-8-14-29/h5,7-8,13-14,20,22,28,30,32-35H,6,9-12,15-19,21,23-27H2,1-4H3,(H,44,49)/t28-,32-,33+,34+,35+/m1/s1. The highest BCUT2D eigenvalue weighted by atomic mass is 16.5. The van der Waals surface area contributed by atoms with Gasteiger partial charge < -0.3 is 29.5 Å². The Kier molecular flexibility index (Phi) is 11.4. The third-order valence-corrected chi connectivity index (χ3v) is 13.1. The van der Waals surface area contributed by atoms with E-state index in [0.29, 0.717) is 57.2 Å². The van der Waals surface area contributed by atoms with Gasteiger partial charge in [0.05, 0.1) is 37.4 Å². The number of benzene rings is 1. The minimum Gasteiger partial charge on any atom is -0.467 e. The monoisotopic (exact) mass is 758 g/mol. The van der Waals surface area contributed by atoms with Gasteiger partial charge in [-0.3, -0.25) is 23.9 Å². The van der Waals surface area contributed by atoms with Crippen LogP contribution in [0.15, 0.2) is 42.7 Å². The van der Waals surface area contributed by atoms with Crippen LogP contribution in [0, 0.1) is 28.6 Å². The highest BCUT2D eigenvalue weighted by Crippen LogP contribution is 2.54. The third-order valence-electron chi connectivity index (χ3n) is 13.1. The van der Waals surface area contributed by atoms with Crippen molar-refractivity contribution in [1.82, 2.24) is 29.8 Å². The van der Waals surface area contributed by atoms with Gasteiger partial charge in [0, 0.05) is 56.9 Å². The van der Waals surface area contributed by atoms with E-state index >= 15 is 0 Å². The van der Waals surface area contributed by atoms with Crippen LogP contribution < -0.4 is 5.32 Å². The van der Waals surface area contributed by atoms with Crippen molar-refractivity contribution in [3.63, 3.8) is 0 Å². The topological polar surface area (TPSA) is 143 Å². The largest absolute Gasteiger partial charge is 0.467 e. The van der Waals surface area contributed by atoms with Gasteiger partial charge in [-0.25, -0.2) is 4.79 Å². The summed E-state index contributed by atoms with van der Waals surface area (Å²) in [7, 11) is 1.33. The molecule has 2 saturated carbocycles. The van der Waals surface area contributed by atoms with Crippen molar-refractivity contribution in [3.05, 3.63) is 53.9 Å². The molecular weight excluding hydrogens is 700 g/mol. The summed E-state index contributed by atoms with van der Waals surface area (Å²) in [5.41, 5.74) is 0.777. The van der Waals surface area contributed by atoms with Crippen molar-refractivity contribution in [2.24, 2.45) is 28.6 Å². The lowest BCUT2D eigenvalue weighted by Crippen LogP contribution is -2.66. The Morgan fingerprint density at radius 2 is 1.62 bits per heavy atom. The SMILES string of the molecule is COC(=O)[C@@H]1CCCCN1C(=O)[C@@H](NC(=O)[C@@H]1CN(C(=O)c2cnn(Cc3ccccc3)c2)CC12CN(C(=O)[C@H]1CC1(C)C)C2)[C@@H](C)OCC1CCCCC1. The quantitative estimate of drug-likeness (QED) is 0.322. The average molecular weight is 759 g/mol. The molecule has 4 heterocycles. The number of nitrogens with one attached hydrogen (secondary N) is 1. The fourth-order valence-electron chi connectivity index (χ4n) is 9.42. The number of carbonyl (C=O) groups excluding carboxylic acids is 5. The molecule has 0 bridgehead atoms. The highest BCUT2D eigenvalue weighted by Gasteiger charge is 2.62. The number of rotatable bonds is 12. The second-order valence-corrected chi connectivity index (χ2v) is 17.5. The molecule has 1 spiro atoms. The van der Waals surface area contributed by atoms with Gasteiger partial charge in [0.25, 0.3) is 5.91 Å². The highest BCUT2D eigenvalue weighted by molar-refractivity contribution is 5.96. The van der Waals surface area contributed by atoms with Crippen LogP contribution in [-0.2, 0) is 35.2 Å². The third kappa shape index (κ3) is 8.32. The van der Waals surface area contributed by atoms with Crippen LogP contribution in [0.5, 0.6) is 0 Å². The molecule has 4 amide bonds. The van der Waals surface area contributed by atoms with Crippen molar-refractivity contribution in [3.8, 4) is 0 Å². The van der Waals surface area contributed by atoms with Gasteiger partial charge in [0.15, 0.2) is 0 Å². The summed E-state index contributed by atoms with van der Waals surface area (Å²) in [6.07, 6.45) is 11.2. The van der Waals surface area contributed by atoms with Crippen LogP contribution in [-0.4, -0.2) is 119 Å². The summed E-state index contributed by atoms with van der Waals surface area (Å²) in [6.45, 7) is 8.54. The van der Waals surface area contributed by atoms with E-state index in [2.05, 4.69) is 24.3 Å². The summed E-state index contributed by atoms with van der Waals surface area (Å²) < 4.78 is 13.2. The summed E-state index contributed by atoms with van der Waals surface area (Å²) in [5.74, 6) is -1.65. The number of methoxy groups -OCH3 is 1. The Hall–Kier alpha value is -4.26. The first-order valence-electron chi connectivity index (χ1n) is 20.3.